The molecular weight excluding hydrogens is 314 g/mol. The monoisotopic (exact) mass is 337 g/mol. The number of hydrogen-bond donors (Lipinski definition) is 0. The number of aryl methyl sites for hydroxylation is 2. The molecule has 3 aliphatic rings. The molecule has 2 fully saturated rings. The van der Waals surface area contributed by atoms with Crippen molar-refractivity contribution in [2.75, 3.05) is 44.2 Å². The van der Waals surface area contributed by atoms with E-state index >= 15 is 0 Å². The van der Waals surface area contributed by atoms with Crippen LogP contribution in [0.4, 0.5) is 5.82 Å². The molecule has 0 saturated carbocycles. The highest BCUT2D eigenvalue weighted by Crippen LogP contribution is 2.24. The smallest absolute Gasteiger partial charge is 0.282 e. The Hall–Kier alpha value is -1.25. The number of fused-ring (bicyclic) bond motifs is 1. The van der Waals surface area contributed by atoms with Gasteiger partial charge in [-0.3, -0.25) is 0 Å². The van der Waals surface area contributed by atoms with Crippen LogP contribution in [-0.4, -0.2) is 66.5 Å². The van der Waals surface area contributed by atoms with Crippen molar-refractivity contribution in [1.82, 2.24) is 18.8 Å². The molecule has 0 radical (unpaired) electrons. The predicted octanol–water partition coefficient (Wildman–Crippen LogP) is 0.428. The van der Waals surface area contributed by atoms with Gasteiger partial charge < -0.3 is 4.90 Å². The van der Waals surface area contributed by atoms with Crippen molar-refractivity contribution in [3.63, 3.8) is 0 Å². The lowest BCUT2D eigenvalue weighted by Gasteiger charge is -2.36. The quantitative estimate of drug-likeness (QED) is 0.800. The molecule has 1 aromatic heterocycles. The number of nitrogens with zero attached hydrogens (tertiary/aromatic N) is 5. The van der Waals surface area contributed by atoms with E-state index in [9.17, 15) is 8.42 Å². The van der Waals surface area contributed by atoms with E-state index in [2.05, 4.69) is 21.2 Å². The van der Waals surface area contributed by atoms with E-state index in [-0.39, 0.29) is 0 Å². The standard InChI is InChI=1S/C15H23N5O2S/c21-23(22,19-6-1-2-7-19)20-10-8-18(9-11-20)15-12-13-4-3-5-14(13)16-17-15/h12H,1-11H2. The maximum absolute atomic E-state index is 12.6. The Morgan fingerprint density at radius 1 is 0.826 bits per heavy atom. The van der Waals surface area contributed by atoms with Crippen LogP contribution in [0.2, 0.25) is 0 Å². The molecule has 23 heavy (non-hydrogen) atoms. The van der Waals surface area contributed by atoms with Crippen LogP contribution in [0.3, 0.4) is 0 Å². The molecule has 2 saturated heterocycles. The summed E-state index contributed by atoms with van der Waals surface area (Å²) in [7, 11) is -3.27. The number of anilines is 1. The van der Waals surface area contributed by atoms with Crippen LogP contribution in [0.1, 0.15) is 30.5 Å². The second kappa shape index (κ2) is 5.99. The Morgan fingerprint density at radius 3 is 2.26 bits per heavy atom. The summed E-state index contributed by atoms with van der Waals surface area (Å²) in [6, 6.07) is 2.14. The molecule has 0 unspecified atom stereocenters. The van der Waals surface area contributed by atoms with Crippen LogP contribution in [-0.2, 0) is 23.1 Å². The molecule has 0 atom stereocenters. The normalized spacial score (nSPS) is 23.4. The van der Waals surface area contributed by atoms with Gasteiger partial charge in [0.2, 0.25) is 0 Å². The van der Waals surface area contributed by atoms with Gasteiger partial charge in [0.15, 0.2) is 5.82 Å². The SMILES string of the molecule is O=S(=O)(N1CCCC1)N1CCN(c2cc3c(nn2)CCC3)CC1. The maximum Gasteiger partial charge on any atom is 0.282 e. The van der Waals surface area contributed by atoms with E-state index in [0.717, 1.165) is 43.6 Å². The first-order chi connectivity index (χ1) is 11.1. The van der Waals surface area contributed by atoms with Crippen LogP contribution in [0.15, 0.2) is 6.07 Å². The topological polar surface area (TPSA) is 69.6 Å². The highest BCUT2D eigenvalue weighted by Gasteiger charge is 2.34. The third-order valence-corrected chi connectivity index (χ3v) is 7.12. The van der Waals surface area contributed by atoms with E-state index in [1.807, 2.05) is 0 Å². The van der Waals surface area contributed by atoms with Gasteiger partial charge in [0.05, 0.1) is 5.69 Å². The second-order valence-electron chi connectivity index (χ2n) is 6.53. The van der Waals surface area contributed by atoms with Gasteiger partial charge in [-0.15, -0.1) is 5.10 Å². The van der Waals surface area contributed by atoms with Gasteiger partial charge in [-0.2, -0.15) is 22.1 Å². The first-order valence-corrected chi connectivity index (χ1v) is 9.90. The molecule has 126 valence electrons. The lowest BCUT2D eigenvalue weighted by Crippen LogP contribution is -2.52. The average molecular weight is 337 g/mol. The highest BCUT2D eigenvalue weighted by molar-refractivity contribution is 7.86. The van der Waals surface area contributed by atoms with Gasteiger partial charge in [-0.1, -0.05) is 0 Å². The fourth-order valence-electron chi connectivity index (χ4n) is 3.70. The maximum atomic E-state index is 12.6. The van der Waals surface area contributed by atoms with Crippen molar-refractivity contribution in [3.05, 3.63) is 17.3 Å². The number of aromatic nitrogens is 2. The van der Waals surface area contributed by atoms with E-state index < -0.39 is 10.2 Å². The van der Waals surface area contributed by atoms with Gasteiger partial charge in [-0.05, 0) is 43.7 Å². The predicted molar refractivity (Wildman–Crippen MR) is 87.6 cm³/mol. The Labute approximate surface area is 137 Å². The van der Waals surface area contributed by atoms with Gasteiger partial charge in [0.1, 0.15) is 0 Å². The molecule has 4 rings (SSSR count). The average Bonchev–Trinajstić information content (AvgIpc) is 3.26. The van der Waals surface area contributed by atoms with Crippen molar-refractivity contribution in [2.45, 2.75) is 32.1 Å². The molecule has 0 aromatic carbocycles. The van der Waals surface area contributed by atoms with Crippen molar-refractivity contribution in [3.8, 4) is 0 Å². The van der Waals surface area contributed by atoms with Crippen LogP contribution in [0, 0.1) is 0 Å². The molecule has 3 heterocycles. The van der Waals surface area contributed by atoms with Crippen molar-refractivity contribution >= 4 is 16.0 Å². The van der Waals surface area contributed by atoms with Crippen LogP contribution < -0.4 is 4.90 Å². The highest BCUT2D eigenvalue weighted by atomic mass is 32.2. The third kappa shape index (κ3) is 2.83. The van der Waals surface area contributed by atoms with Crippen LogP contribution in [0.25, 0.3) is 0 Å². The summed E-state index contributed by atoms with van der Waals surface area (Å²) in [4.78, 5) is 2.15. The molecule has 1 aromatic rings. The van der Waals surface area contributed by atoms with Crippen molar-refractivity contribution in [1.29, 1.82) is 0 Å². The number of rotatable bonds is 3. The minimum absolute atomic E-state index is 0.525. The number of piperazine rings is 1. The summed E-state index contributed by atoms with van der Waals surface area (Å²) in [6.45, 7) is 3.74. The van der Waals surface area contributed by atoms with Crippen LogP contribution >= 0.6 is 0 Å². The summed E-state index contributed by atoms with van der Waals surface area (Å²) in [5.41, 5.74) is 2.44. The molecule has 0 bridgehead atoms. The summed E-state index contributed by atoms with van der Waals surface area (Å²) >= 11 is 0. The zero-order valence-electron chi connectivity index (χ0n) is 13.3. The lowest BCUT2D eigenvalue weighted by atomic mass is 10.2. The molecular formula is C15H23N5O2S. The second-order valence-corrected chi connectivity index (χ2v) is 8.46. The molecule has 1 aliphatic carbocycles. The van der Waals surface area contributed by atoms with E-state index in [1.165, 1.54) is 5.56 Å². The Balaban J connectivity index is 1.43. The zero-order chi connectivity index (χ0) is 15.9. The van der Waals surface area contributed by atoms with E-state index in [1.54, 1.807) is 8.61 Å². The van der Waals surface area contributed by atoms with Crippen LogP contribution in [0.5, 0.6) is 0 Å². The minimum Gasteiger partial charge on any atom is -0.352 e. The molecule has 0 spiro atoms. The largest absolute Gasteiger partial charge is 0.352 e. The first-order valence-electron chi connectivity index (χ1n) is 8.50. The first kappa shape index (κ1) is 15.3. The summed E-state index contributed by atoms with van der Waals surface area (Å²) in [5, 5.41) is 8.67. The van der Waals surface area contributed by atoms with E-state index in [4.69, 9.17) is 0 Å². The Morgan fingerprint density at radius 2 is 1.52 bits per heavy atom. The van der Waals surface area contributed by atoms with Crippen molar-refractivity contribution in [2.24, 2.45) is 0 Å². The van der Waals surface area contributed by atoms with Gasteiger partial charge in [-0.25, -0.2) is 0 Å². The van der Waals surface area contributed by atoms with Gasteiger partial charge in [0, 0.05) is 39.3 Å². The molecule has 0 amide bonds. The molecule has 8 heteroatoms. The summed E-state index contributed by atoms with van der Waals surface area (Å²) in [6.07, 6.45) is 5.23. The minimum atomic E-state index is -3.27. The van der Waals surface area contributed by atoms with Gasteiger partial charge in [0.25, 0.3) is 10.2 Å². The third-order valence-electron chi connectivity index (χ3n) is 5.09. The van der Waals surface area contributed by atoms with E-state index in [0.29, 0.717) is 39.3 Å². The van der Waals surface area contributed by atoms with Gasteiger partial charge >= 0.3 is 0 Å². The Bertz CT molecular complexity index is 679. The zero-order valence-corrected chi connectivity index (χ0v) is 14.1. The summed E-state index contributed by atoms with van der Waals surface area (Å²) < 4.78 is 28.4. The fraction of sp³-hybridized carbons (Fsp3) is 0.733. The lowest BCUT2D eigenvalue weighted by molar-refractivity contribution is 0.343. The fourth-order valence-corrected chi connectivity index (χ4v) is 5.37. The van der Waals surface area contributed by atoms with Crippen molar-refractivity contribution < 1.29 is 8.42 Å². The summed E-state index contributed by atoms with van der Waals surface area (Å²) in [5.74, 6) is 0.892. The molecule has 0 N–H and O–H groups in total. The molecule has 7 nitrogen and oxygen atoms in total. The molecule has 2 aliphatic heterocycles. The Kier molecular flexibility index (Phi) is 3.98. The number of hydrogen-bond acceptors (Lipinski definition) is 5.